The molecule has 2 rings (SSSR count). The zero-order valence-corrected chi connectivity index (χ0v) is 11.1. The molecular weight excluding hydrogens is 218 g/mol. The molecular formula is C17H19N. The highest BCUT2D eigenvalue weighted by Crippen LogP contribution is 2.30. The molecule has 0 bridgehead atoms. The fraction of sp³-hybridized carbons (Fsp3) is 0.235. The van der Waals surface area contributed by atoms with Gasteiger partial charge in [-0.05, 0) is 36.1 Å². The van der Waals surface area contributed by atoms with Gasteiger partial charge in [0.05, 0.1) is 11.4 Å². The van der Waals surface area contributed by atoms with E-state index in [0.29, 0.717) is 0 Å². The quantitative estimate of drug-likeness (QED) is 0.680. The first-order valence-electron chi connectivity index (χ1n) is 6.43. The number of rotatable bonds is 4. The van der Waals surface area contributed by atoms with Crippen molar-refractivity contribution in [1.29, 1.82) is 0 Å². The van der Waals surface area contributed by atoms with Crippen molar-refractivity contribution in [2.45, 2.75) is 26.7 Å². The minimum Gasteiger partial charge on any atom is -0.252 e. The molecule has 92 valence electrons. The van der Waals surface area contributed by atoms with Crippen LogP contribution in [0.2, 0.25) is 0 Å². The summed E-state index contributed by atoms with van der Waals surface area (Å²) in [5.41, 5.74) is 6.09. The third-order valence-electron chi connectivity index (χ3n) is 3.15. The number of fused-ring (bicyclic) bond motifs is 1. The maximum atomic E-state index is 4.75. The summed E-state index contributed by atoms with van der Waals surface area (Å²) in [6.07, 6.45) is 9.95. The van der Waals surface area contributed by atoms with Crippen LogP contribution in [0.5, 0.6) is 0 Å². The number of aryl methyl sites for hydroxylation is 1. The Labute approximate surface area is 109 Å². The number of aliphatic imine (C=N–C) groups is 1. The van der Waals surface area contributed by atoms with E-state index in [2.05, 4.69) is 37.8 Å². The molecule has 0 fully saturated rings. The van der Waals surface area contributed by atoms with Crippen LogP contribution in [0, 0.1) is 0 Å². The molecule has 0 spiro atoms. The predicted octanol–water partition coefficient (Wildman–Crippen LogP) is 4.57. The molecule has 18 heavy (non-hydrogen) atoms. The van der Waals surface area contributed by atoms with E-state index in [1.165, 1.54) is 11.1 Å². The maximum absolute atomic E-state index is 4.75. The summed E-state index contributed by atoms with van der Waals surface area (Å²) >= 11 is 0. The zero-order chi connectivity index (χ0) is 13.0. The summed E-state index contributed by atoms with van der Waals surface area (Å²) in [6.45, 7) is 7.96. The molecule has 0 unspecified atom stereocenters. The van der Waals surface area contributed by atoms with Gasteiger partial charge < -0.3 is 0 Å². The van der Waals surface area contributed by atoms with E-state index < -0.39 is 0 Å². The minimum atomic E-state index is 0.920. The second-order valence-corrected chi connectivity index (χ2v) is 4.41. The van der Waals surface area contributed by atoms with Gasteiger partial charge in [-0.15, -0.1) is 0 Å². The summed E-state index contributed by atoms with van der Waals surface area (Å²) in [5, 5.41) is 0. The van der Waals surface area contributed by atoms with Crippen molar-refractivity contribution in [1.82, 2.24) is 0 Å². The molecule has 1 aliphatic heterocycles. The smallest absolute Gasteiger partial charge is 0.0672 e. The van der Waals surface area contributed by atoms with Crippen LogP contribution in [0.4, 0.5) is 5.69 Å². The Hall–Kier alpha value is -1.89. The summed E-state index contributed by atoms with van der Waals surface area (Å²) in [5.74, 6) is 0. The molecule has 1 aromatic rings. The van der Waals surface area contributed by atoms with Crippen LogP contribution in [0.1, 0.15) is 25.0 Å². The fourth-order valence-electron chi connectivity index (χ4n) is 2.17. The van der Waals surface area contributed by atoms with Crippen molar-refractivity contribution in [3.8, 4) is 0 Å². The normalized spacial score (nSPS) is 14.8. The second kappa shape index (κ2) is 5.63. The van der Waals surface area contributed by atoms with Gasteiger partial charge in [-0.2, -0.15) is 0 Å². The van der Waals surface area contributed by atoms with Crippen LogP contribution in [0.25, 0.3) is 0 Å². The van der Waals surface area contributed by atoms with Gasteiger partial charge in [-0.3, -0.25) is 4.99 Å². The number of nitrogens with zero attached hydrogens (tertiary/aromatic N) is 1. The van der Waals surface area contributed by atoms with Crippen LogP contribution in [0.15, 0.2) is 59.6 Å². The van der Waals surface area contributed by atoms with Crippen molar-refractivity contribution >= 4 is 11.4 Å². The second-order valence-electron chi connectivity index (χ2n) is 4.41. The topological polar surface area (TPSA) is 12.4 Å². The monoisotopic (exact) mass is 237 g/mol. The van der Waals surface area contributed by atoms with Crippen molar-refractivity contribution in [3.05, 3.63) is 65.8 Å². The molecule has 0 aliphatic carbocycles. The minimum absolute atomic E-state index is 0.920. The van der Waals surface area contributed by atoms with Gasteiger partial charge >= 0.3 is 0 Å². The number of hydrogen-bond acceptors (Lipinski definition) is 1. The molecule has 1 nitrogen and oxygen atoms in total. The first-order chi connectivity index (χ1) is 8.78. The first-order valence-corrected chi connectivity index (χ1v) is 6.43. The standard InChI is InChI=1S/C17H19N/c1-4-7-14(8-5-2)17-12-15-10-9-13(6-3)11-16(15)18-17/h4-5,7-11H,1,6,12H2,2-3H3/b8-5-,14-7+. The fourth-order valence-corrected chi connectivity index (χ4v) is 2.17. The van der Waals surface area contributed by atoms with E-state index in [-0.39, 0.29) is 0 Å². The Morgan fingerprint density at radius 3 is 2.94 bits per heavy atom. The van der Waals surface area contributed by atoms with Crippen LogP contribution >= 0.6 is 0 Å². The van der Waals surface area contributed by atoms with Crippen molar-refractivity contribution < 1.29 is 0 Å². The van der Waals surface area contributed by atoms with Crippen molar-refractivity contribution in [2.75, 3.05) is 0 Å². The van der Waals surface area contributed by atoms with Crippen molar-refractivity contribution in [2.24, 2.45) is 4.99 Å². The van der Waals surface area contributed by atoms with Gasteiger partial charge in [0.1, 0.15) is 0 Å². The summed E-state index contributed by atoms with van der Waals surface area (Å²) in [7, 11) is 0. The summed E-state index contributed by atoms with van der Waals surface area (Å²) in [6, 6.07) is 6.60. The van der Waals surface area contributed by atoms with Crippen molar-refractivity contribution in [3.63, 3.8) is 0 Å². The number of hydrogen-bond donors (Lipinski definition) is 0. The van der Waals surface area contributed by atoms with Gasteiger partial charge in [0.25, 0.3) is 0 Å². The lowest BCUT2D eigenvalue weighted by Crippen LogP contribution is -2.00. The summed E-state index contributed by atoms with van der Waals surface area (Å²) in [4.78, 5) is 4.75. The molecule has 0 radical (unpaired) electrons. The molecule has 1 aromatic carbocycles. The highest BCUT2D eigenvalue weighted by molar-refractivity contribution is 6.08. The number of allylic oxidation sites excluding steroid dienone is 5. The van der Waals surface area contributed by atoms with Crippen LogP contribution in [-0.2, 0) is 12.8 Å². The average molecular weight is 237 g/mol. The molecule has 0 aromatic heterocycles. The lowest BCUT2D eigenvalue weighted by atomic mass is 10.0. The molecule has 0 saturated carbocycles. The summed E-state index contributed by atoms with van der Waals surface area (Å²) < 4.78 is 0. The SMILES string of the molecule is C=C/C=C(\C=C/C)C1=Nc2cc(CC)ccc2C1. The molecule has 1 heterocycles. The maximum Gasteiger partial charge on any atom is 0.0672 e. The Morgan fingerprint density at radius 2 is 2.28 bits per heavy atom. The lowest BCUT2D eigenvalue weighted by Gasteiger charge is -2.00. The molecule has 0 saturated heterocycles. The van der Waals surface area contributed by atoms with Gasteiger partial charge in [0.2, 0.25) is 0 Å². The third-order valence-corrected chi connectivity index (χ3v) is 3.15. The Balaban J connectivity index is 2.34. The van der Waals surface area contributed by atoms with Gasteiger partial charge in [0.15, 0.2) is 0 Å². The van der Waals surface area contributed by atoms with Crippen LogP contribution < -0.4 is 0 Å². The Kier molecular flexibility index (Phi) is 3.93. The molecule has 0 atom stereocenters. The predicted molar refractivity (Wildman–Crippen MR) is 79.7 cm³/mol. The first kappa shape index (κ1) is 12.6. The van der Waals surface area contributed by atoms with E-state index in [4.69, 9.17) is 4.99 Å². The highest BCUT2D eigenvalue weighted by atomic mass is 14.8. The molecule has 0 N–H and O–H groups in total. The molecule has 1 aliphatic rings. The zero-order valence-electron chi connectivity index (χ0n) is 11.1. The van der Waals surface area contributed by atoms with E-state index in [1.54, 1.807) is 0 Å². The van der Waals surface area contributed by atoms with Gasteiger partial charge in [-0.1, -0.05) is 49.9 Å². The van der Waals surface area contributed by atoms with E-state index in [9.17, 15) is 0 Å². The largest absolute Gasteiger partial charge is 0.252 e. The Morgan fingerprint density at radius 1 is 1.44 bits per heavy atom. The number of benzene rings is 1. The average Bonchev–Trinajstić information content (AvgIpc) is 2.81. The highest BCUT2D eigenvalue weighted by Gasteiger charge is 2.16. The van der Waals surface area contributed by atoms with E-state index in [1.807, 2.05) is 25.2 Å². The Bertz CT molecular complexity index is 545. The van der Waals surface area contributed by atoms with Crippen LogP contribution in [0.3, 0.4) is 0 Å². The third kappa shape index (κ3) is 2.51. The van der Waals surface area contributed by atoms with E-state index in [0.717, 1.165) is 29.8 Å². The molecule has 1 heteroatoms. The lowest BCUT2D eigenvalue weighted by molar-refractivity contribution is 1.13. The van der Waals surface area contributed by atoms with Gasteiger partial charge in [-0.25, -0.2) is 0 Å². The molecule has 0 amide bonds. The van der Waals surface area contributed by atoms with E-state index >= 15 is 0 Å². The van der Waals surface area contributed by atoms with Crippen LogP contribution in [-0.4, -0.2) is 5.71 Å². The van der Waals surface area contributed by atoms with Gasteiger partial charge in [0, 0.05) is 6.42 Å².